The Morgan fingerprint density at radius 3 is 2.72 bits per heavy atom. The van der Waals surface area contributed by atoms with Gasteiger partial charge in [0.05, 0.1) is 12.3 Å². The van der Waals surface area contributed by atoms with Crippen LogP contribution in [-0.4, -0.2) is 29.2 Å². The third kappa shape index (κ3) is 4.78. The van der Waals surface area contributed by atoms with Gasteiger partial charge in [-0.25, -0.2) is 4.39 Å². The van der Waals surface area contributed by atoms with E-state index in [1.165, 1.54) is 12.1 Å². The van der Waals surface area contributed by atoms with E-state index in [-0.39, 0.29) is 23.7 Å². The molecule has 29 heavy (non-hydrogen) atoms. The molecule has 0 spiro atoms. The molecule has 1 aliphatic carbocycles. The molecule has 0 bridgehead atoms. The summed E-state index contributed by atoms with van der Waals surface area (Å²) in [7, 11) is 0. The summed E-state index contributed by atoms with van der Waals surface area (Å²) in [5.41, 5.74) is 2.34. The largest absolute Gasteiger partial charge is 0.390 e. The van der Waals surface area contributed by atoms with Crippen LogP contribution < -0.4 is 0 Å². The first-order valence-electron chi connectivity index (χ1n) is 10.1. The zero-order valence-corrected chi connectivity index (χ0v) is 16.9. The second-order valence-corrected chi connectivity index (χ2v) is 8.18. The second kappa shape index (κ2) is 8.95. The number of hydrogen-bond donors (Lipinski definition) is 0. The van der Waals surface area contributed by atoms with E-state index >= 15 is 0 Å². The van der Waals surface area contributed by atoms with E-state index in [1.807, 2.05) is 35.2 Å². The number of benzene rings is 2. The first-order valence-corrected chi connectivity index (χ1v) is 10.5. The highest BCUT2D eigenvalue weighted by atomic mass is 35.5. The van der Waals surface area contributed by atoms with Crippen LogP contribution in [0.15, 0.2) is 53.7 Å². The van der Waals surface area contributed by atoms with Crippen LogP contribution in [0.5, 0.6) is 0 Å². The van der Waals surface area contributed by atoms with Gasteiger partial charge < -0.3 is 9.74 Å². The molecule has 6 heteroatoms. The summed E-state index contributed by atoms with van der Waals surface area (Å²) >= 11 is 6.34. The maximum Gasteiger partial charge on any atom is 0.226 e. The zero-order chi connectivity index (χ0) is 20.2. The van der Waals surface area contributed by atoms with Gasteiger partial charge >= 0.3 is 0 Å². The average Bonchev–Trinajstić information content (AvgIpc) is 3.41. The summed E-state index contributed by atoms with van der Waals surface area (Å²) in [5.74, 6) is -0.0712. The predicted molar refractivity (Wildman–Crippen MR) is 111 cm³/mol. The number of carbonyl (C=O) groups excluding carboxylic acids is 1. The Morgan fingerprint density at radius 1 is 1.17 bits per heavy atom. The summed E-state index contributed by atoms with van der Waals surface area (Å²) in [4.78, 5) is 20.6. The number of hydrogen-bond acceptors (Lipinski definition) is 3. The molecule has 0 saturated heterocycles. The third-order valence-electron chi connectivity index (χ3n) is 5.65. The average molecular weight is 415 g/mol. The number of carbonyl (C=O) groups is 1. The van der Waals surface area contributed by atoms with E-state index in [4.69, 9.17) is 16.4 Å². The molecule has 1 amide bonds. The maximum atomic E-state index is 13.5. The van der Waals surface area contributed by atoms with Crippen molar-refractivity contribution < 1.29 is 14.0 Å². The Morgan fingerprint density at radius 2 is 1.97 bits per heavy atom. The van der Waals surface area contributed by atoms with Crippen molar-refractivity contribution in [3.63, 3.8) is 0 Å². The minimum Gasteiger partial charge on any atom is -0.390 e. The lowest BCUT2D eigenvalue weighted by Crippen LogP contribution is -2.40. The van der Waals surface area contributed by atoms with Crippen LogP contribution >= 0.6 is 11.6 Å². The molecule has 0 aromatic heterocycles. The summed E-state index contributed by atoms with van der Waals surface area (Å²) in [6, 6.07) is 13.9. The SMILES string of the molecule is O=C(C1CCCC1)N(Cc1ccccc1Cl)C[C@H]1CC(c2cccc(F)c2)=NO1. The van der Waals surface area contributed by atoms with Crippen LogP contribution in [0.3, 0.4) is 0 Å². The van der Waals surface area contributed by atoms with Crippen molar-refractivity contribution in [2.24, 2.45) is 11.1 Å². The molecule has 2 aliphatic rings. The van der Waals surface area contributed by atoms with Crippen molar-refractivity contribution in [3.8, 4) is 0 Å². The normalized spacial score (nSPS) is 19.1. The highest BCUT2D eigenvalue weighted by molar-refractivity contribution is 6.31. The second-order valence-electron chi connectivity index (χ2n) is 7.77. The van der Waals surface area contributed by atoms with Crippen LogP contribution in [0.25, 0.3) is 0 Å². The van der Waals surface area contributed by atoms with E-state index < -0.39 is 0 Å². The molecule has 1 aliphatic heterocycles. The van der Waals surface area contributed by atoms with Gasteiger partial charge in [-0.15, -0.1) is 0 Å². The smallest absolute Gasteiger partial charge is 0.226 e. The number of amides is 1. The van der Waals surface area contributed by atoms with Gasteiger partial charge in [0.2, 0.25) is 5.91 Å². The van der Waals surface area contributed by atoms with Gasteiger partial charge in [-0.3, -0.25) is 4.79 Å². The van der Waals surface area contributed by atoms with Gasteiger partial charge in [-0.1, -0.05) is 59.9 Å². The monoisotopic (exact) mass is 414 g/mol. The van der Waals surface area contributed by atoms with Gasteiger partial charge in [0.1, 0.15) is 5.82 Å². The van der Waals surface area contributed by atoms with Crippen LogP contribution in [0, 0.1) is 11.7 Å². The van der Waals surface area contributed by atoms with E-state index in [0.717, 1.165) is 31.2 Å². The summed E-state index contributed by atoms with van der Waals surface area (Å²) < 4.78 is 13.5. The molecular formula is C23H24ClFN2O2. The molecule has 4 rings (SSSR count). The summed E-state index contributed by atoms with van der Waals surface area (Å²) in [6.07, 6.45) is 4.37. The van der Waals surface area contributed by atoms with Gasteiger partial charge in [-0.05, 0) is 36.6 Å². The molecule has 0 N–H and O–H groups in total. The lowest BCUT2D eigenvalue weighted by Gasteiger charge is -2.28. The highest BCUT2D eigenvalue weighted by Crippen LogP contribution is 2.29. The molecular weight excluding hydrogens is 391 g/mol. The quantitative estimate of drug-likeness (QED) is 0.652. The Kier molecular flexibility index (Phi) is 6.14. The van der Waals surface area contributed by atoms with Crippen LogP contribution in [0.4, 0.5) is 4.39 Å². The number of halogens is 2. The Labute approximate surface area is 175 Å². The van der Waals surface area contributed by atoms with Gasteiger partial charge in [-0.2, -0.15) is 0 Å². The van der Waals surface area contributed by atoms with Crippen molar-refractivity contribution in [2.75, 3.05) is 6.54 Å². The minimum atomic E-state index is -0.301. The number of rotatable bonds is 6. The molecule has 2 aromatic carbocycles. The standard InChI is InChI=1S/C23H24ClFN2O2/c24-21-11-4-3-8-18(21)14-27(23(28)16-6-1-2-7-16)15-20-13-22(26-29-20)17-9-5-10-19(25)12-17/h3-5,8-12,16,20H,1-2,6-7,13-15H2/t20-/m1/s1. The fourth-order valence-corrected chi connectivity index (χ4v) is 4.30. The highest BCUT2D eigenvalue weighted by Gasteiger charge is 2.32. The number of oxime groups is 1. The van der Waals surface area contributed by atoms with E-state index in [2.05, 4.69) is 5.16 Å². The topological polar surface area (TPSA) is 41.9 Å². The molecule has 4 nitrogen and oxygen atoms in total. The van der Waals surface area contributed by atoms with Crippen molar-refractivity contribution in [2.45, 2.75) is 44.8 Å². The first kappa shape index (κ1) is 19.9. The van der Waals surface area contributed by atoms with Crippen molar-refractivity contribution in [3.05, 3.63) is 70.5 Å². The Bertz CT molecular complexity index is 911. The lowest BCUT2D eigenvalue weighted by atomic mass is 10.0. The first-order chi connectivity index (χ1) is 14.1. The molecule has 1 saturated carbocycles. The number of nitrogens with zero attached hydrogens (tertiary/aromatic N) is 2. The fourth-order valence-electron chi connectivity index (χ4n) is 4.11. The molecule has 0 unspecified atom stereocenters. The van der Waals surface area contributed by atoms with E-state index in [9.17, 15) is 9.18 Å². The lowest BCUT2D eigenvalue weighted by molar-refractivity contribution is -0.137. The summed E-state index contributed by atoms with van der Waals surface area (Å²) in [5, 5.41) is 4.80. The van der Waals surface area contributed by atoms with Gasteiger partial charge in [0, 0.05) is 29.5 Å². The molecule has 152 valence electrons. The van der Waals surface area contributed by atoms with Gasteiger partial charge in [0.15, 0.2) is 6.10 Å². The maximum absolute atomic E-state index is 13.5. The van der Waals surface area contributed by atoms with Crippen LogP contribution in [-0.2, 0) is 16.2 Å². The minimum absolute atomic E-state index is 0.0718. The van der Waals surface area contributed by atoms with Gasteiger partial charge in [0.25, 0.3) is 0 Å². The molecule has 0 radical (unpaired) electrons. The molecule has 2 aromatic rings. The Balaban J connectivity index is 1.47. The molecule has 1 atom stereocenters. The van der Waals surface area contributed by atoms with Crippen LogP contribution in [0.2, 0.25) is 5.02 Å². The van der Waals surface area contributed by atoms with Crippen molar-refractivity contribution >= 4 is 23.2 Å². The van der Waals surface area contributed by atoms with Crippen molar-refractivity contribution in [1.82, 2.24) is 4.90 Å². The van der Waals surface area contributed by atoms with E-state index in [0.29, 0.717) is 35.8 Å². The molecule has 1 heterocycles. The third-order valence-corrected chi connectivity index (χ3v) is 6.02. The fraction of sp³-hybridized carbons (Fsp3) is 0.391. The van der Waals surface area contributed by atoms with Crippen LogP contribution in [0.1, 0.15) is 43.2 Å². The summed E-state index contributed by atoms with van der Waals surface area (Å²) in [6.45, 7) is 0.882. The molecule has 1 fully saturated rings. The predicted octanol–water partition coefficient (Wildman–Crippen LogP) is 5.19. The Hall–Kier alpha value is -2.40. The zero-order valence-electron chi connectivity index (χ0n) is 16.2. The van der Waals surface area contributed by atoms with E-state index in [1.54, 1.807) is 6.07 Å². The van der Waals surface area contributed by atoms with Crippen molar-refractivity contribution in [1.29, 1.82) is 0 Å².